The van der Waals surface area contributed by atoms with Crippen molar-refractivity contribution >= 4 is 23.4 Å². The summed E-state index contributed by atoms with van der Waals surface area (Å²) >= 11 is 0. The molecule has 5 rings (SSSR count). The summed E-state index contributed by atoms with van der Waals surface area (Å²) in [7, 11) is 2.05. The van der Waals surface area contributed by atoms with Gasteiger partial charge in [0.25, 0.3) is 0 Å². The van der Waals surface area contributed by atoms with Crippen LogP contribution < -0.4 is 10.6 Å². The van der Waals surface area contributed by atoms with Gasteiger partial charge in [0.05, 0.1) is 17.9 Å². The molecule has 3 aliphatic heterocycles. The van der Waals surface area contributed by atoms with Gasteiger partial charge in [-0.3, -0.25) is 14.4 Å². The first-order valence-corrected chi connectivity index (χ1v) is 14.4. The molecule has 3 amide bonds. The van der Waals surface area contributed by atoms with Gasteiger partial charge in [0.2, 0.25) is 17.7 Å². The number of nitrogens with zero attached hydrogens (tertiary/aromatic N) is 2. The van der Waals surface area contributed by atoms with Crippen LogP contribution in [0.2, 0.25) is 0 Å². The summed E-state index contributed by atoms with van der Waals surface area (Å²) in [5.74, 6) is -1.95. The molecule has 1 saturated carbocycles. The normalized spacial score (nSPS) is 30.2. The van der Waals surface area contributed by atoms with E-state index in [1.165, 1.54) is 6.42 Å². The molecule has 2 bridgehead atoms. The van der Waals surface area contributed by atoms with Crippen LogP contribution in [0.4, 0.5) is 5.69 Å². The number of likely N-dealkylation sites (N-methyl/N-ethyl adjacent to an activating group) is 1. The molecule has 8 heteroatoms. The lowest BCUT2D eigenvalue weighted by Gasteiger charge is -2.34. The van der Waals surface area contributed by atoms with Gasteiger partial charge in [0, 0.05) is 24.8 Å². The number of carbonyl (C=O) groups is 3. The zero-order chi connectivity index (χ0) is 26.9. The van der Waals surface area contributed by atoms with Crippen molar-refractivity contribution in [1.29, 1.82) is 0 Å². The van der Waals surface area contributed by atoms with Crippen molar-refractivity contribution in [2.24, 2.45) is 11.8 Å². The summed E-state index contributed by atoms with van der Waals surface area (Å²) in [6.07, 6.45) is 10.8. The summed E-state index contributed by atoms with van der Waals surface area (Å²) in [4.78, 5) is 45.4. The number of hydrogen-bond acceptors (Lipinski definition) is 5. The molecule has 0 radical (unpaired) electrons. The Hall–Kier alpha value is -2.71. The van der Waals surface area contributed by atoms with Gasteiger partial charge in [0.1, 0.15) is 11.6 Å². The van der Waals surface area contributed by atoms with E-state index in [0.717, 1.165) is 50.6 Å². The number of ether oxygens (including phenoxy) is 1. The van der Waals surface area contributed by atoms with Gasteiger partial charge in [-0.15, -0.1) is 0 Å². The van der Waals surface area contributed by atoms with Crippen LogP contribution in [0, 0.1) is 18.8 Å². The number of benzene rings is 1. The van der Waals surface area contributed by atoms with E-state index in [4.69, 9.17) is 4.74 Å². The van der Waals surface area contributed by atoms with E-state index in [-0.39, 0.29) is 23.8 Å². The molecule has 0 aromatic heterocycles. The molecular formula is C30H42N4O4. The van der Waals surface area contributed by atoms with Gasteiger partial charge in [0.15, 0.2) is 0 Å². The Bertz CT molecular complexity index is 1070. The topological polar surface area (TPSA) is 91.0 Å². The molecule has 2 saturated heterocycles. The Morgan fingerprint density at radius 3 is 2.55 bits per heavy atom. The van der Waals surface area contributed by atoms with E-state index in [9.17, 15) is 14.4 Å². The second-order valence-corrected chi connectivity index (χ2v) is 11.6. The molecule has 8 nitrogen and oxygen atoms in total. The Labute approximate surface area is 226 Å². The Kier molecular flexibility index (Phi) is 7.91. The predicted octanol–water partition coefficient (Wildman–Crippen LogP) is 3.26. The summed E-state index contributed by atoms with van der Waals surface area (Å²) in [6, 6.07) is 6.96. The minimum absolute atomic E-state index is 0.124. The molecule has 1 spiro atoms. The van der Waals surface area contributed by atoms with Crippen molar-refractivity contribution in [2.45, 2.75) is 82.6 Å². The number of amides is 3. The predicted molar refractivity (Wildman–Crippen MR) is 146 cm³/mol. The highest BCUT2D eigenvalue weighted by atomic mass is 16.5. The molecule has 38 heavy (non-hydrogen) atoms. The van der Waals surface area contributed by atoms with Crippen molar-refractivity contribution in [2.75, 3.05) is 32.0 Å². The number of aryl methyl sites for hydroxylation is 1. The third kappa shape index (κ3) is 5.00. The highest BCUT2D eigenvalue weighted by molar-refractivity contribution is 6.02. The monoisotopic (exact) mass is 522 g/mol. The maximum atomic E-state index is 14.1. The molecule has 1 aromatic rings. The molecule has 3 heterocycles. The maximum absolute atomic E-state index is 14.1. The summed E-state index contributed by atoms with van der Waals surface area (Å²) in [5, 5.41) is 6.24. The first-order chi connectivity index (χ1) is 18.3. The number of nitrogens with one attached hydrogen (secondary N) is 2. The lowest BCUT2D eigenvalue weighted by molar-refractivity contribution is -0.141. The lowest BCUT2D eigenvalue weighted by Crippen LogP contribution is -2.57. The van der Waals surface area contributed by atoms with Crippen LogP contribution in [0.1, 0.15) is 57.4 Å². The molecule has 206 valence electrons. The minimum atomic E-state index is -1.11. The van der Waals surface area contributed by atoms with Crippen molar-refractivity contribution in [3.8, 4) is 0 Å². The molecule has 3 fully saturated rings. The van der Waals surface area contributed by atoms with Crippen LogP contribution in [0.25, 0.3) is 0 Å². The zero-order valence-corrected chi connectivity index (χ0v) is 22.9. The fourth-order valence-corrected chi connectivity index (χ4v) is 6.72. The average molecular weight is 523 g/mol. The highest BCUT2D eigenvalue weighted by Crippen LogP contribution is 2.55. The van der Waals surface area contributed by atoms with E-state index in [1.54, 1.807) is 4.90 Å². The van der Waals surface area contributed by atoms with Gasteiger partial charge in [-0.2, -0.15) is 0 Å². The van der Waals surface area contributed by atoms with E-state index in [2.05, 4.69) is 22.5 Å². The number of hydrogen-bond donors (Lipinski definition) is 2. The number of carbonyl (C=O) groups excluding carboxylic acids is 3. The fraction of sp³-hybridized carbons (Fsp3) is 0.633. The van der Waals surface area contributed by atoms with Crippen LogP contribution in [0.15, 0.2) is 36.4 Å². The van der Waals surface area contributed by atoms with Crippen LogP contribution in [0.3, 0.4) is 0 Å². The average Bonchev–Trinajstić information content (AvgIpc) is 3.55. The summed E-state index contributed by atoms with van der Waals surface area (Å²) in [6.45, 7) is 6.18. The number of rotatable bonds is 10. The Balaban J connectivity index is 1.39. The van der Waals surface area contributed by atoms with Crippen LogP contribution in [0.5, 0.6) is 0 Å². The third-order valence-corrected chi connectivity index (χ3v) is 8.81. The lowest BCUT2D eigenvalue weighted by atomic mass is 9.74. The molecule has 4 aliphatic rings. The van der Waals surface area contributed by atoms with E-state index in [1.807, 2.05) is 50.4 Å². The molecule has 2 N–H and O–H groups in total. The van der Waals surface area contributed by atoms with Crippen LogP contribution >= 0.6 is 0 Å². The third-order valence-electron chi connectivity index (χ3n) is 8.81. The number of anilines is 1. The van der Waals surface area contributed by atoms with Crippen molar-refractivity contribution in [1.82, 2.24) is 15.1 Å². The first-order valence-electron chi connectivity index (χ1n) is 14.4. The molecule has 1 aliphatic carbocycles. The zero-order valence-electron chi connectivity index (χ0n) is 22.9. The highest BCUT2D eigenvalue weighted by Gasteiger charge is 2.72. The van der Waals surface area contributed by atoms with Crippen molar-refractivity contribution in [3.05, 3.63) is 42.0 Å². The largest absolute Gasteiger partial charge is 0.359 e. The molecule has 1 aromatic carbocycles. The number of likely N-dealkylation sites (tertiary alicyclic amines) is 1. The Morgan fingerprint density at radius 1 is 1.11 bits per heavy atom. The van der Waals surface area contributed by atoms with Crippen LogP contribution in [-0.2, 0) is 19.1 Å². The summed E-state index contributed by atoms with van der Waals surface area (Å²) in [5.41, 5.74) is 0.677. The molecular weight excluding hydrogens is 480 g/mol. The van der Waals surface area contributed by atoms with Gasteiger partial charge in [-0.1, -0.05) is 62.5 Å². The first kappa shape index (κ1) is 26.9. The van der Waals surface area contributed by atoms with Gasteiger partial charge in [-0.25, -0.2) is 0 Å². The molecule has 0 unspecified atom stereocenters. The van der Waals surface area contributed by atoms with Gasteiger partial charge in [-0.05, 0) is 51.9 Å². The standard InChI is InChI=1S/C30H42N4O4/c1-4-5-17-33(3)18-19-34-26(28(36)32-21-9-7-6-8-10-21)30-16-15-23(38-30)24(25(30)29(34)37)27(35)31-22-13-11-20(2)12-14-22/h11-16,21,23-26H,4-10,17-19H2,1-3H3,(H,31,35)(H,32,36)/t23-,24-,25-,26-,30-/m0/s1. The number of unbranched alkanes of at least 4 members (excludes halogenated alkanes) is 1. The fourth-order valence-electron chi connectivity index (χ4n) is 6.72. The van der Waals surface area contributed by atoms with Crippen LogP contribution in [-0.4, -0.2) is 78.0 Å². The smallest absolute Gasteiger partial charge is 0.246 e. The van der Waals surface area contributed by atoms with Gasteiger partial charge >= 0.3 is 0 Å². The van der Waals surface area contributed by atoms with Crippen molar-refractivity contribution in [3.63, 3.8) is 0 Å². The quantitative estimate of drug-likeness (QED) is 0.461. The maximum Gasteiger partial charge on any atom is 0.246 e. The number of fused-ring (bicyclic) bond motifs is 1. The van der Waals surface area contributed by atoms with Gasteiger partial charge < -0.3 is 25.2 Å². The van der Waals surface area contributed by atoms with E-state index < -0.39 is 29.6 Å². The van der Waals surface area contributed by atoms with E-state index in [0.29, 0.717) is 18.8 Å². The Morgan fingerprint density at radius 2 is 1.84 bits per heavy atom. The van der Waals surface area contributed by atoms with E-state index >= 15 is 0 Å². The second-order valence-electron chi connectivity index (χ2n) is 11.6. The SMILES string of the molecule is CCCCN(C)CCN1C(=O)[C@@H]2[C@@H](C(=O)Nc3ccc(C)cc3)[C@@H]3C=C[C@@]2(O3)[C@@H]1C(=O)NC1CCCCC1. The minimum Gasteiger partial charge on any atom is -0.359 e. The summed E-state index contributed by atoms with van der Waals surface area (Å²) < 4.78 is 6.46. The molecule has 5 atom stereocenters. The second kappa shape index (κ2) is 11.2. The van der Waals surface area contributed by atoms with Crippen molar-refractivity contribution < 1.29 is 19.1 Å².